The van der Waals surface area contributed by atoms with Gasteiger partial charge in [0, 0.05) is 49.6 Å². The zero-order valence-electron chi connectivity index (χ0n) is 19.4. The van der Waals surface area contributed by atoms with Gasteiger partial charge in [-0.05, 0) is 49.4 Å². The molecular formula is C24H26F3N5O4. The number of hydrogen-bond donors (Lipinski definition) is 2. The maximum Gasteiger partial charge on any atom is 0.573 e. The molecule has 3 aromatic rings. The van der Waals surface area contributed by atoms with Gasteiger partial charge >= 0.3 is 12.1 Å². The molecule has 36 heavy (non-hydrogen) atoms. The van der Waals surface area contributed by atoms with E-state index in [0.717, 1.165) is 42.7 Å². The SMILES string of the molecule is Nc1cc(OC(F)(F)F)ccc1C(=O)N1CCC(n2c(=O)[nH]c3ncc(C4CCCOC4)cc32)CC1. The number of aromatic amines is 1. The maximum absolute atomic E-state index is 13.0. The van der Waals surface area contributed by atoms with Crippen molar-refractivity contribution in [3.05, 3.63) is 52.1 Å². The number of H-pyrrole nitrogens is 1. The molecular weight excluding hydrogens is 479 g/mol. The van der Waals surface area contributed by atoms with E-state index in [9.17, 15) is 22.8 Å². The van der Waals surface area contributed by atoms with E-state index in [4.69, 9.17) is 10.5 Å². The van der Waals surface area contributed by atoms with Crippen molar-refractivity contribution in [2.45, 2.75) is 44.0 Å². The number of fused-ring (bicyclic) bond motifs is 1. The molecule has 0 saturated carbocycles. The Kier molecular flexibility index (Phi) is 6.37. The summed E-state index contributed by atoms with van der Waals surface area (Å²) in [5, 5.41) is 0. The maximum atomic E-state index is 13.0. The first-order valence-electron chi connectivity index (χ1n) is 11.8. The number of anilines is 1. The van der Waals surface area contributed by atoms with E-state index in [1.165, 1.54) is 6.07 Å². The number of aromatic nitrogens is 3. The van der Waals surface area contributed by atoms with Crippen molar-refractivity contribution < 1.29 is 27.4 Å². The van der Waals surface area contributed by atoms with Gasteiger partial charge in [0.2, 0.25) is 0 Å². The predicted octanol–water partition coefficient (Wildman–Crippen LogP) is 3.58. The smallest absolute Gasteiger partial charge is 0.406 e. The third-order valence-corrected chi connectivity index (χ3v) is 6.83. The van der Waals surface area contributed by atoms with E-state index in [1.807, 2.05) is 6.07 Å². The van der Waals surface area contributed by atoms with Crippen molar-refractivity contribution in [2.24, 2.45) is 0 Å². The van der Waals surface area contributed by atoms with Gasteiger partial charge in [-0.25, -0.2) is 9.78 Å². The van der Waals surface area contributed by atoms with Gasteiger partial charge in [0.1, 0.15) is 5.75 Å². The van der Waals surface area contributed by atoms with Crippen molar-refractivity contribution in [2.75, 3.05) is 32.0 Å². The van der Waals surface area contributed by atoms with Crippen LogP contribution in [0.1, 0.15) is 53.6 Å². The molecule has 4 heterocycles. The molecule has 0 spiro atoms. The molecule has 192 valence electrons. The van der Waals surface area contributed by atoms with Crippen molar-refractivity contribution in [3.63, 3.8) is 0 Å². The number of halogens is 3. The Balaban J connectivity index is 1.30. The summed E-state index contributed by atoms with van der Waals surface area (Å²) < 4.78 is 48.5. The van der Waals surface area contributed by atoms with Crippen molar-refractivity contribution in [1.82, 2.24) is 19.4 Å². The number of pyridine rings is 1. The number of imidazole rings is 1. The number of nitrogens with two attached hydrogens (primary N) is 1. The van der Waals surface area contributed by atoms with Gasteiger partial charge in [0.25, 0.3) is 5.91 Å². The normalized spacial score (nSPS) is 19.5. The molecule has 5 rings (SSSR count). The molecule has 0 bridgehead atoms. The lowest BCUT2D eigenvalue weighted by Crippen LogP contribution is -2.40. The van der Waals surface area contributed by atoms with Gasteiger partial charge in [0.05, 0.1) is 17.7 Å². The van der Waals surface area contributed by atoms with Crippen LogP contribution in [0.5, 0.6) is 5.75 Å². The lowest BCUT2D eigenvalue weighted by atomic mass is 9.95. The molecule has 1 amide bonds. The van der Waals surface area contributed by atoms with Crippen LogP contribution in [0.25, 0.3) is 11.2 Å². The number of likely N-dealkylation sites (tertiary alicyclic amines) is 1. The number of nitrogen functional groups attached to an aromatic ring is 1. The number of amides is 1. The minimum Gasteiger partial charge on any atom is -0.406 e. The van der Waals surface area contributed by atoms with Crippen LogP contribution in [0, 0.1) is 0 Å². The molecule has 3 N–H and O–H groups in total. The van der Waals surface area contributed by atoms with Gasteiger partial charge in [-0.15, -0.1) is 13.2 Å². The van der Waals surface area contributed by atoms with Crippen LogP contribution in [-0.4, -0.2) is 58.0 Å². The topological polar surface area (TPSA) is 115 Å². The average Bonchev–Trinajstić information content (AvgIpc) is 3.18. The number of carbonyl (C=O) groups excluding carboxylic acids is 1. The molecule has 2 fully saturated rings. The molecule has 2 aliphatic rings. The first-order chi connectivity index (χ1) is 17.2. The Hall–Kier alpha value is -3.54. The number of benzene rings is 1. The largest absolute Gasteiger partial charge is 0.573 e. The summed E-state index contributed by atoms with van der Waals surface area (Å²) in [7, 11) is 0. The van der Waals surface area contributed by atoms with Crippen LogP contribution in [0.3, 0.4) is 0 Å². The summed E-state index contributed by atoms with van der Waals surface area (Å²) in [5.41, 5.74) is 7.91. The van der Waals surface area contributed by atoms with E-state index in [0.29, 0.717) is 38.2 Å². The molecule has 1 atom stereocenters. The van der Waals surface area contributed by atoms with Crippen LogP contribution in [0.2, 0.25) is 0 Å². The summed E-state index contributed by atoms with van der Waals surface area (Å²) in [4.78, 5) is 34.7. The minimum absolute atomic E-state index is 0.0954. The Morgan fingerprint density at radius 2 is 1.97 bits per heavy atom. The van der Waals surface area contributed by atoms with Gasteiger partial charge in [-0.3, -0.25) is 14.3 Å². The molecule has 0 radical (unpaired) electrons. The van der Waals surface area contributed by atoms with Gasteiger partial charge < -0.3 is 20.1 Å². The van der Waals surface area contributed by atoms with Crippen molar-refractivity contribution >= 4 is 22.8 Å². The lowest BCUT2D eigenvalue weighted by molar-refractivity contribution is -0.274. The lowest BCUT2D eigenvalue weighted by Gasteiger charge is -2.33. The van der Waals surface area contributed by atoms with E-state index >= 15 is 0 Å². The quantitative estimate of drug-likeness (QED) is 0.524. The Morgan fingerprint density at radius 1 is 1.19 bits per heavy atom. The zero-order valence-corrected chi connectivity index (χ0v) is 19.4. The second-order valence-corrected chi connectivity index (χ2v) is 9.17. The van der Waals surface area contributed by atoms with Gasteiger partial charge in [0.15, 0.2) is 5.65 Å². The second kappa shape index (κ2) is 9.49. The van der Waals surface area contributed by atoms with E-state index in [1.54, 1.807) is 15.7 Å². The first-order valence-corrected chi connectivity index (χ1v) is 11.8. The van der Waals surface area contributed by atoms with E-state index in [2.05, 4.69) is 14.7 Å². The van der Waals surface area contributed by atoms with Crippen molar-refractivity contribution in [1.29, 1.82) is 0 Å². The summed E-state index contributed by atoms with van der Waals surface area (Å²) in [5.74, 6) is -0.620. The number of rotatable bonds is 4. The Labute approximate surface area is 204 Å². The van der Waals surface area contributed by atoms with Gasteiger partial charge in [-0.1, -0.05) is 0 Å². The fourth-order valence-corrected chi connectivity index (χ4v) is 5.04. The molecule has 12 heteroatoms. The molecule has 1 unspecified atom stereocenters. The number of hydrogen-bond acceptors (Lipinski definition) is 6. The Bertz CT molecular complexity index is 1320. The molecule has 2 aliphatic heterocycles. The number of nitrogens with one attached hydrogen (secondary N) is 1. The number of nitrogens with zero attached hydrogens (tertiary/aromatic N) is 3. The van der Waals surface area contributed by atoms with Crippen LogP contribution in [0.15, 0.2) is 35.3 Å². The second-order valence-electron chi connectivity index (χ2n) is 9.17. The van der Waals surface area contributed by atoms with Crippen LogP contribution in [-0.2, 0) is 4.74 Å². The van der Waals surface area contributed by atoms with Crippen LogP contribution in [0.4, 0.5) is 18.9 Å². The number of carbonyl (C=O) groups is 1. The van der Waals surface area contributed by atoms with Crippen LogP contribution >= 0.6 is 0 Å². The van der Waals surface area contributed by atoms with Crippen molar-refractivity contribution in [3.8, 4) is 5.75 Å². The monoisotopic (exact) mass is 505 g/mol. The molecule has 9 nitrogen and oxygen atoms in total. The van der Waals surface area contributed by atoms with E-state index < -0.39 is 12.1 Å². The minimum atomic E-state index is -4.85. The fraction of sp³-hybridized carbons (Fsp3) is 0.458. The number of piperidine rings is 1. The highest BCUT2D eigenvalue weighted by atomic mass is 19.4. The molecule has 2 aromatic heterocycles. The fourth-order valence-electron chi connectivity index (χ4n) is 5.04. The summed E-state index contributed by atoms with van der Waals surface area (Å²) in [6.45, 7) is 2.13. The molecule has 0 aliphatic carbocycles. The first kappa shape index (κ1) is 24.2. The third-order valence-electron chi connectivity index (χ3n) is 6.83. The highest BCUT2D eigenvalue weighted by Gasteiger charge is 2.32. The standard InChI is InChI=1S/C24H26F3N5O4/c25-24(26,27)36-17-3-4-18(19(28)11-17)22(33)31-7-5-16(6-8-31)32-20-10-15(14-2-1-9-35-13-14)12-29-21(20)30-23(32)34/h3-4,10-12,14,16H,1-2,5-9,13,28H2,(H,29,30,34). The van der Waals surface area contributed by atoms with Gasteiger partial charge in [-0.2, -0.15) is 0 Å². The highest BCUT2D eigenvalue weighted by molar-refractivity contribution is 5.99. The number of alkyl halides is 3. The summed E-state index contributed by atoms with van der Waals surface area (Å²) >= 11 is 0. The third kappa shape index (κ3) is 4.90. The summed E-state index contributed by atoms with van der Waals surface area (Å²) in [6.07, 6.45) is 0.00104. The van der Waals surface area contributed by atoms with Crippen LogP contribution < -0.4 is 16.2 Å². The Morgan fingerprint density at radius 3 is 2.64 bits per heavy atom. The molecule has 2 saturated heterocycles. The molecule has 1 aromatic carbocycles. The summed E-state index contributed by atoms with van der Waals surface area (Å²) in [6, 6.07) is 5.16. The predicted molar refractivity (Wildman–Crippen MR) is 125 cm³/mol. The van der Waals surface area contributed by atoms with E-state index in [-0.39, 0.29) is 34.8 Å². The highest BCUT2D eigenvalue weighted by Crippen LogP contribution is 2.31. The average molecular weight is 505 g/mol. The zero-order chi connectivity index (χ0) is 25.4. The number of ether oxygens (including phenoxy) is 2.